The van der Waals surface area contributed by atoms with E-state index in [-0.39, 0.29) is 0 Å². The molecule has 2 heteroatoms. The van der Waals surface area contributed by atoms with Crippen LogP contribution in [0.5, 0.6) is 0 Å². The lowest BCUT2D eigenvalue weighted by Crippen LogP contribution is -2.38. The van der Waals surface area contributed by atoms with E-state index in [4.69, 9.17) is 0 Å². The number of benzene rings is 1. The maximum absolute atomic E-state index is 11.9. The molecule has 2 nitrogen and oxygen atoms in total. The lowest BCUT2D eigenvalue weighted by Gasteiger charge is -2.30. The van der Waals surface area contributed by atoms with Crippen molar-refractivity contribution in [3.05, 3.63) is 35.9 Å². The van der Waals surface area contributed by atoms with Gasteiger partial charge in [-0.15, -0.1) is 0 Å². The van der Waals surface area contributed by atoms with Gasteiger partial charge in [-0.2, -0.15) is 0 Å². The fourth-order valence-electron chi connectivity index (χ4n) is 2.56. The van der Waals surface area contributed by atoms with E-state index in [2.05, 4.69) is 11.8 Å². The van der Waals surface area contributed by atoms with Gasteiger partial charge in [-0.1, -0.05) is 37.3 Å². The Labute approximate surface area is 104 Å². The van der Waals surface area contributed by atoms with Crippen LogP contribution in [0.25, 0.3) is 0 Å². The van der Waals surface area contributed by atoms with Gasteiger partial charge in [0.2, 0.25) is 0 Å². The highest BCUT2D eigenvalue weighted by atomic mass is 16.1. The van der Waals surface area contributed by atoms with Gasteiger partial charge >= 0.3 is 0 Å². The number of nitrogens with zero attached hydrogens (tertiary/aromatic N) is 1. The van der Waals surface area contributed by atoms with E-state index in [1.165, 1.54) is 12.8 Å². The van der Waals surface area contributed by atoms with E-state index in [9.17, 15) is 4.79 Å². The molecule has 1 unspecified atom stereocenters. The Hall–Kier alpha value is -1.15. The highest BCUT2D eigenvalue weighted by Crippen LogP contribution is 2.15. The summed E-state index contributed by atoms with van der Waals surface area (Å²) >= 11 is 0. The minimum atomic E-state index is 0.338. The molecule has 1 fully saturated rings. The van der Waals surface area contributed by atoms with Gasteiger partial charge in [0, 0.05) is 13.0 Å². The van der Waals surface area contributed by atoms with Crippen molar-refractivity contribution in [3.63, 3.8) is 0 Å². The number of hydrogen-bond acceptors (Lipinski definition) is 2. The zero-order chi connectivity index (χ0) is 12.1. The summed E-state index contributed by atoms with van der Waals surface area (Å²) in [6.07, 6.45) is 3.12. The number of carbonyl (C=O) groups excluding carboxylic acids is 1. The van der Waals surface area contributed by atoms with Crippen molar-refractivity contribution in [2.24, 2.45) is 5.92 Å². The molecule has 1 atom stereocenters. The highest BCUT2D eigenvalue weighted by molar-refractivity contribution is 5.82. The first-order valence-electron chi connectivity index (χ1n) is 6.52. The Kier molecular flexibility index (Phi) is 4.32. The number of Topliss-reactive ketones (excluding diaryl/α,β-unsaturated/α-hetero) is 1. The monoisotopic (exact) mass is 231 g/mol. The topological polar surface area (TPSA) is 20.3 Å². The molecule has 0 saturated carbocycles. The molecule has 0 amide bonds. The van der Waals surface area contributed by atoms with Crippen LogP contribution >= 0.6 is 0 Å². The van der Waals surface area contributed by atoms with E-state index in [1.807, 2.05) is 30.3 Å². The highest BCUT2D eigenvalue weighted by Gasteiger charge is 2.18. The normalized spacial score (nSPS) is 21.4. The Morgan fingerprint density at radius 1 is 1.35 bits per heavy atom. The number of ketones is 1. The second kappa shape index (κ2) is 5.97. The number of carbonyl (C=O) groups is 1. The summed E-state index contributed by atoms with van der Waals surface area (Å²) in [5, 5.41) is 0. The molecule has 0 aromatic heterocycles. The van der Waals surface area contributed by atoms with Gasteiger partial charge in [0.25, 0.3) is 0 Å². The second-order valence-corrected chi connectivity index (χ2v) is 5.18. The number of likely N-dealkylation sites (tertiary alicyclic amines) is 1. The first-order valence-corrected chi connectivity index (χ1v) is 6.52. The van der Waals surface area contributed by atoms with Gasteiger partial charge in [0.15, 0.2) is 5.78 Å². The standard InChI is InChI=1S/C15H21NO/c1-13-6-5-9-16(11-13)12-15(17)10-14-7-3-2-4-8-14/h2-4,7-8,13H,5-6,9-12H2,1H3. The summed E-state index contributed by atoms with van der Waals surface area (Å²) in [5.74, 6) is 1.08. The van der Waals surface area contributed by atoms with E-state index < -0.39 is 0 Å². The van der Waals surface area contributed by atoms with Crippen molar-refractivity contribution in [3.8, 4) is 0 Å². The molecule has 1 aromatic carbocycles. The van der Waals surface area contributed by atoms with Crippen LogP contribution in [0.3, 0.4) is 0 Å². The number of hydrogen-bond donors (Lipinski definition) is 0. The van der Waals surface area contributed by atoms with Crippen LogP contribution in [0.4, 0.5) is 0 Å². The fraction of sp³-hybridized carbons (Fsp3) is 0.533. The molecule has 17 heavy (non-hydrogen) atoms. The minimum Gasteiger partial charge on any atom is -0.298 e. The molecule has 0 aliphatic carbocycles. The quantitative estimate of drug-likeness (QED) is 0.793. The molecule has 1 saturated heterocycles. The summed E-state index contributed by atoms with van der Waals surface area (Å²) in [7, 11) is 0. The van der Waals surface area contributed by atoms with Crippen molar-refractivity contribution in [1.82, 2.24) is 4.90 Å². The van der Waals surface area contributed by atoms with Gasteiger partial charge in [-0.25, -0.2) is 0 Å². The maximum atomic E-state index is 11.9. The molecule has 0 N–H and O–H groups in total. The summed E-state index contributed by atoms with van der Waals surface area (Å²) in [4.78, 5) is 14.3. The van der Waals surface area contributed by atoms with Gasteiger partial charge in [-0.3, -0.25) is 9.69 Å². The van der Waals surface area contributed by atoms with Crippen LogP contribution < -0.4 is 0 Å². The fourth-order valence-corrected chi connectivity index (χ4v) is 2.56. The largest absolute Gasteiger partial charge is 0.298 e. The Bertz CT molecular complexity index is 360. The summed E-state index contributed by atoms with van der Waals surface area (Å²) in [6, 6.07) is 10.0. The van der Waals surface area contributed by atoms with Crippen molar-refractivity contribution in [2.75, 3.05) is 19.6 Å². The first kappa shape index (κ1) is 12.3. The number of rotatable bonds is 4. The van der Waals surface area contributed by atoms with Crippen molar-refractivity contribution >= 4 is 5.78 Å². The molecule has 0 spiro atoms. The predicted molar refractivity (Wildman–Crippen MR) is 70.0 cm³/mol. The molecule has 0 radical (unpaired) electrons. The van der Waals surface area contributed by atoms with Gasteiger partial charge in [0.05, 0.1) is 6.54 Å². The average molecular weight is 231 g/mol. The molecule has 92 valence electrons. The van der Waals surface area contributed by atoms with Crippen LogP contribution in [0.1, 0.15) is 25.3 Å². The third-order valence-corrected chi connectivity index (χ3v) is 3.39. The predicted octanol–water partition coefficient (Wildman–Crippen LogP) is 2.53. The Morgan fingerprint density at radius 3 is 2.82 bits per heavy atom. The third-order valence-electron chi connectivity index (χ3n) is 3.39. The molecule has 0 bridgehead atoms. The zero-order valence-electron chi connectivity index (χ0n) is 10.6. The third kappa shape index (κ3) is 3.97. The zero-order valence-corrected chi connectivity index (χ0v) is 10.6. The van der Waals surface area contributed by atoms with Gasteiger partial charge < -0.3 is 0 Å². The van der Waals surface area contributed by atoms with Crippen molar-refractivity contribution in [2.45, 2.75) is 26.2 Å². The Morgan fingerprint density at radius 2 is 2.12 bits per heavy atom. The van der Waals surface area contributed by atoms with Gasteiger partial charge in [0.1, 0.15) is 0 Å². The molecule has 1 aliphatic heterocycles. The summed E-state index contributed by atoms with van der Waals surface area (Å²) in [5.41, 5.74) is 1.13. The lowest BCUT2D eigenvalue weighted by atomic mass is 9.99. The first-order chi connectivity index (χ1) is 8.24. The Balaban J connectivity index is 1.81. The van der Waals surface area contributed by atoms with Crippen LogP contribution in [0.2, 0.25) is 0 Å². The van der Waals surface area contributed by atoms with Crippen LogP contribution in [0, 0.1) is 5.92 Å². The SMILES string of the molecule is CC1CCCN(CC(=O)Cc2ccccc2)C1. The molecular formula is C15H21NO. The van der Waals surface area contributed by atoms with Crippen molar-refractivity contribution in [1.29, 1.82) is 0 Å². The van der Waals surface area contributed by atoms with Crippen LogP contribution in [-0.4, -0.2) is 30.3 Å². The number of piperidine rings is 1. The van der Waals surface area contributed by atoms with Crippen LogP contribution in [0.15, 0.2) is 30.3 Å². The molecule has 2 rings (SSSR count). The lowest BCUT2D eigenvalue weighted by molar-refractivity contribution is -0.119. The molecule has 1 heterocycles. The smallest absolute Gasteiger partial charge is 0.151 e. The van der Waals surface area contributed by atoms with E-state index in [1.54, 1.807) is 0 Å². The minimum absolute atomic E-state index is 0.338. The van der Waals surface area contributed by atoms with Crippen LogP contribution in [-0.2, 0) is 11.2 Å². The average Bonchev–Trinajstić information content (AvgIpc) is 2.30. The van der Waals surface area contributed by atoms with E-state index in [0.717, 1.165) is 24.6 Å². The second-order valence-electron chi connectivity index (χ2n) is 5.18. The maximum Gasteiger partial charge on any atom is 0.151 e. The van der Waals surface area contributed by atoms with Gasteiger partial charge in [-0.05, 0) is 30.9 Å². The van der Waals surface area contributed by atoms with E-state index >= 15 is 0 Å². The molecule has 1 aliphatic rings. The van der Waals surface area contributed by atoms with Crippen molar-refractivity contribution < 1.29 is 4.79 Å². The summed E-state index contributed by atoms with van der Waals surface area (Å²) < 4.78 is 0. The molecular weight excluding hydrogens is 210 g/mol. The summed E-state index contributed by atoms with van der Waals surface area (Å²) in [6.45, 7) is 5.07. The molecule has 1 aromatic rings. The van der Waals surface area contributed by atoms with E-state index in [0.29, 0.717) is 18.7 Å².